The second-order valence-electron chi connectivity index (χ2n) is 26.5. The Morgan fingerprint density at radius 2 is 1.41 bits per heavy atom. The molecule has 0 radical (unpaired) electrons. The number of carboxylic acids is 1. The number of nitrogens with zero attached hydrogens (tertiary/aromatic N) is 4. The van der Waals surface area contributed by atoms with Gasteiger partial charge >= 0.3 is 18.1 Å². The van der Waals surface area contributed by atoms with E-state index in [0.717, 1.165) is 10.5 Å². The molecule has 3 aliphatic heterocycles. The van der Waals surface area contributed by atoms with E-state index in [9.17, 15) is 62.6 Å². The minimum atomic E-state index is -1.19. The standard InChI is InChI=1S/C69H101N11O16/c1-11-42(6)59(52(94-9)38-56(84)78-35-19-23-51(78)61(95-10)43(7)62(85)74-50(67(90)91)36-44-20-14-12-15-21-44)77(8)66(89)58(41(4)5)76-65(88)60-46-27-30-48(37-46)80(60)69(93)96-39-45-25-28-47(29-26-45)72-63(86)49(22-18-33-71-68(70)92)73-64(87)57(40(2)3)75-53(81)24-16-13-17-34-79-54(82)31-32-55(79)83/h12,14-15,20-21,25-26,28-29,31-32,40-43,46,48-52,57-61H,11,13,16-19,22-24,27,30,33-39H2,1-10H3,(H,72,86)(H,73,87)(H,74,85)(H,75,81)(H,76,88)(H,90,91)(H3,70,71,92)/t42-,43+,46-,48-,49-,50-,51-,52+,57+,58-,59-,60-,61+/m0/s1. The number of carbonyl (C=O) groups is 12. The zero-order valence-corrected chi connectivity index (χ0v) is 57.2. The second-order valence-corrected chi connectivity index (χ2v) is 26.5. The Morgan fingerprint density at radius 1 is 0.740 bits per heavy atom. The quantitative estimate of drug-likeness (QED) is 0.0340. The minimum Gasteiger partial charge on any atom is -0.480 e. The molecule has 6 rings (SSSR count). The molecule has 1 aliphatic carbocycles. The number of fused-ring (bicyclic) bond motifs is 2. The largest absolute Gasteiger partial charge is 0.480 e. The van der Waals surface area contributed by atoms with Crippen LogP contribution in [0.5, 0.6) is 0 Å². The summed E-state index contributed by atoms with van der Waals surface area (Å²) in [7, 11) is 4.59. The van der Waals surface area contributed by atoms with Crippen LogP contribution in [0.15, 0.2) is 66.7 Å². The molecule has 9 N–H and O–H groups in total. The molecular formula is C69H101N11O16. The third-order valence-electron chi connectivity index (χ3n) is 19.1. The highest BCUT2D eigenvalue weighted by Gasteiger charge is 2.53. The maximum atomic E-state index is 14.9. The number of ether oxygens (including phenoxy) is 3. The topological polar surface area (TPSA) is 364 Å². The zero-order valence-electron chi connectivity index (χ0n) is 57.2. The number of hydrogen-bond donors (Lipinski definition) is 8. The second kappa shape index (κ2) is 36.6. The van der Waals surface area contributed by atoms with Crippen molar-refractivity contribution in [3.8, 4) is 0 Å². The number of benzene rings is 2. The van der Waals surface area contributed by atoms with E-state index < -0.39 is 114 Å². The van der Waals surface area contributed by atoms with Gasteiger partial charge in [0.15, 0.2) is 0 Å². The molecule has 27 nitrogen and oxygen atoms in total. The summed E-state index contributed by atoms with van der Waals surface area (Å²) in [6.07, 6.45) is 5.73. The number of amides is 12. The molecule has 4 aliphatic rings. The Hall–Kier alpha value is -8.46. The monoisotopic (exact) mass is 1340 g/mol. The lowest BCUT2D eigenvalue weighted by molar-refractivity contribution is -0.148. The van der Waals surface area contributed by atoms with Crippen molar-refractivity contribution in [2.45, 2.75) is 206 Å². The molecule has 96 heavy (non-hydrogen) atoms. The van der Waals surface area contributed by atoms with E-state index in [1.807, 2.05) is 33.8 Å². The summed E-state index contributed by atoms with van der Waals surface area (Å²) in [6, 6.07) is 8.00. The lowest BCUT2D eigenvalue weighted by Gasteiger charge is -2.41. The summed E-state index contributed by atoms with van der Waals surface area (Å²) in [5.41, 5.74) is 6.90. The molecule has 2 aromatic carbocycles. The molecule has 528 valence electrons. The van der Waals surface area contributed by atoms with E-state index in [1.54, 1.807) is 86.1 Å². The first-order valence-electron chi connectivity index (χ1n) is 33.7. The number of urea groups is 1. The van der Waals surface area contributed by atoms with E-state index in [2.05, 4.69) is 31.9 Å². The van der Waals surface area contributed by atoms with Crippen LogP contribution in [0.3, 0.4) is 0 Å². The molecule has 27 heteroatoms. The van der Waals surface area contributed by atoms with Gasteiger partial charge in [-0.25, -0.2) is 14.4 Å². The molecule has 2 bridgehead atoms. The first-order chi connectivity index (χ1) is 45.7. The van der Waals surface area contributed by atoms with Crippen LogP contribution in [-0.4, -0.2) is 197 Å². The number of piperidine rings is 1. The highest BCUT2D eigenvalue weighted by atomic mass is 16.6. The van der Waals surface area contributed by atoms with Crippen molar-refractivity contribution >= 4 is 76.9 Å². The number of aliphatic carboxylic acids is 1. The number of hydrogen-bond acceptors (Lipinski definition) is 15. The number of carboxylic acid groups (broad SMARTS) is 1. The van der Waals surface area contributed by atoms with Crippen molar-refractivity contribution in [2.24, 2.45) is 35.3 Å². The summed E-state index contributed by atoms with van der Waals surface area (Å²) in [5, 5.41) is 26.5. The number of rotatable bonds is 37. The molecule has 3 heterocycles. The fraction of sp³-hybridized carbons (Fsp3) is 0.623. The van der Waals surface area contributed by atoms with Crippen molar-refractivity contribution in [1.82, 2.24) is 46.2 Å². The van der Waals surface area contributed by atoms with Crippen LogP contribution in [0.25, 0.3) is 0 Å². The predicted octanol–water partition coefficient (Wildman–Crippen LogP) is 4.55. The van der Waals surface area contributed by atoms with Crippen LogP contribution in [0, 0.1) is 29.6 Å². The number of anilines is 1. The summed E-state index contributed by atoms with van der Waals surface area (Å²) in [5.74, 6) is -7.20. The average molecular weight is 1340 g/mol. The summed E-state index contributed by atoms with van der Waals surface area (Å²) in [4.78, 5) is 166. The molecular weight excluding hydrogens is 1240 g/mol. The van der Waals surface area contributed by atoms with Crippen molar-refractivity contribution in [3.05, 3.63) is 77.9 Å². The molecule has 12 amide bonds. The van der Waals surface area contributed by atoms with Crippen LogP contribution in [0.1, 0.15) is 143 Å². The highest BCUT2D eigenvalue weighted by Crippen LogP contribution is 2.43. The Morgan fingerprint density at radius 3 is 2.02 bits per heavy atom. The van der Waals surface area contributed by atoms with Gasteiger partial charge in [-0.1, -0.05) is 104 Å². The van der Waals surface area contributed by atoms with Crippen LogP contribution < -0.4 is 37.6 Å². The van der Waals surface area contributed by atoms with Gasteiger partial charge in [-0.3, -0.25) is 53.0 Å². The van der Waals surface area contributed by atoms with Crippen LogP contribution in [0.4, 0.5) is 15.3 Å². The number of primary amides is 1. The molecule has 0 aromatic heterocycles. The van der Waals surface area contributed by atoms with E-state index in [-0.39, 0.29) is 99.2 Å². The number of imide groups is 1. The smallest absolute Gasteiger partial charge is 0.411 e. The Kier molecular flexibility index (Phi) is 29.2. The molecule has 0 unspecified atom stereocenters. The number of carbonyl (C=O) groups excluding carboxylic acids is 11. The number of nitrogens with two attached hydrogens (primary N) is 1. The molecule has 3 fully saturated rings. The number of likely N-dealkylation sites (tertiary alicyclic amines) is 2. The third kappa shape index (κ3) is 20.8. The van der Waals surface area contributed by atoms with Gasteiger partial charge in [0, 0.05) is 77.6 Å². The Bertz CT molecular complexity index is 3060. The van der Waals surface area contributed by atoms with Crippen LogP contribution in [0.2, 0.25) is 0 Å². The Balaban J connectivity index is 1.04. The maximum Gasteiger partial charge on any atom is 0.411 e. The van der Waals surface area contributed by atoms with Gasteiger partial charge in [0.1, 0.15) is 36.8 Å². The number of nitrogens with one attached hydrogen (secondary N) is 6. The molecule has 1 saturated carbocycles. The van der Waals surface area contributed by atoms with Gasteiger partial charge in [-0.15, -0.1) is 0 Å². The van der Waals surface area contributed by atoms with Crippen LogP contribution in [-0.2, 0) is 75.2 Å². The molecule has 2 saturated heterocycles. The van der Waals surface area contributed by atoms with Gasteiger partial charge in [-0.2, -0.15) is 0 Å². The van der Waals surface area contributed by atoms with Crippen LogP contribution >= 0.6 is 0 Å². The number of methoxy groups -OCH3 is 2. The fourth-order valence-corrected chi connectivity index (χ4v) is 13.6. The highest BCUT2D eigenvalue weighted by molar-refractivity contribution is 6.12. The SMILES string of the molecule is CC[C@H](C)[C@@H]([C@@H](CC(=O)N1CCC[C@H]1[C@H](OC)[C@@H](C)C(=O)N[C@@H](Cc1ccccc1)C(=O)O)OC)N(C)C(=O)[C@@H](NC(=O)[C@@H]1[C@H]2CC[C@@H](C2)N1C(=O)OCc1ccc(NC(=O)[C@H](CCCNC(N)=O)NC(=O)[C@H](NC(=O)CCCCCN2C(=O)C=CC2=O)C(C)C)cc1)C(C)C. The first kappa shape index (κ1) is 76.6. The van der Waals surface area contributed by atoms with E-state index in [4.69, 9.17) is 19.9 Å². The van der Waals surface area contributed by atoms with Gasteiger partial charge in [0.25, 0.3) is 11.8 Å². The van der Waals surface area contributed by atoms with Crippen molar-refractivity contribution in [2.75, 3.05) is 46.2 Å². The molecule has 2 aromatic rings. The minimum absolute atomic E-state index is 0.0793. The van der Waals surface area contributed by atoms with Gasteiger partial charge in [0.05, 0.1) is 36.6 Å². The van der Waals surface area contributed by atoms with Crippen molar-refractivity contribution < 1.29 is 76.9 Å². The maximum absolute atomic E-state index is 14.9. The van der Waals surface area contributed by atoms with E-state index in [0.29, 0.717) is 75.6 Å². The van der Waals surface area contributed by atoms with E-state index in [1.165, 1.54) is 31.3 Å². The lowest BCUT2D eigenvalue weighted by Crippen LogP contribution is -2.60. The zero-order chi connectivity index (χ0) is 70.5. The third-order valence-corrected chi connectivity index (χ3v) is 19.1. The summed E-state index contributed by atoms with van der Waals surface area (Å²) in [6.45, 7) is 13.3. The lowest BCUT2D eigenvalue weighted by atomic mass is 9.89. The molecule has 13 atom stereocenters. The Labute approximate surface area is 562 Å². The number of likely N-dealkylation sites (N-methyl/N-ethyl adjacent to an activating group) is 1. The van der Waals surface area contributed by atoms with Crippen molar-refractivity contribution in [3.63, 3.8) is 0 Å². The van der Waals surface area contributed by atoms with E-state index >= 15 is 0 Å². The fourth-order valence-electron chi connectivity index (χ4n) is 13.6. The molecule has 0 spiro atoms. The summed E-state index contributed by atoms with van der Waals surface area (Å²) < 4.78 is 17.9. The summed E-state index contributed by atoms with van der Waals surface area (Å²) >= 11 is 0. The number of unbranched alkanes of at least 4 members (excludes halogenated alkanes) is 2. The van der Waals surface area contributed by atoms with Crippen molar-refractivity contribution in [1.29, 1.82) is 0 Å². The normalized spacial score (nSPS) is 20.1. The average Bonchev–Trinajstić information content (AvgIpc) is 1.60. The first-order valence-corrected chi connectivity index (χ1v) is 33.7. The predicted molar refractivity (Wildman–Crippen MR) is 354 cm³/mol. The van der Waals surface area contributed by atoms with Gasteiger partial charge in [-0.05, 0) is 105 Å². The van der Waals surface area contributed by atoms with Gasteiger partial charge in [0.2, 0.25) is 41.4 Å². The van der Waals surface area contributed by atoms with Gasteiger partial charge < -0.3 is 66.8 Å².